The Morgan fingerprint density at radius 1 is 1.35 bits per heavy atom. The Labute approximate surface area is 134 Å². The van der Waals surface area contributed by atoms with E-state index in [4.69, 9.17) is 0 Å². The molecule has 1 nitrogen and oxygen atoms in total. The number of allylic oxidation sites excluding steroid dienone is 2. The molecule has 0 spiro atoms. The highest BCUT2D eigenvalue weighted by molar-refractivity contribution is 9.12. The van der Waals surface area contributed by atoms with Gasteiger partial charge in [-0.1, -0.05) is 72.6 Å². The lowest BCUT2D eigenvalue weighted by Gasteiger charge is -2.07. The van der Waals surface area contributed by atoms with Gasteiger partial charge in [0.2, 0.25) is 0 Å². The lowest BCUT2D eigenvalue weighted by atomic mass is 9.96. The van der Waals surface area contributed by atoms with E-state index in [1.165, 1.54) is 22.3 Å². The van der Waals surface area contributed by atoms with E-state index < -0.39 is 0 Å². The van der Waals surface area contributed by atoms with Gasteiger partial charge in [-0.25, -0.2) is 0 Å². The van der Waals surface area contributed by atoms with Crippen molar-refractivity contribution in [1.82, 2.24) is 3.97 Å². The zero-order valence-corrected chi connectivity index (χ0v) is 14.2. The van der Waals surface area contributed by atoms with Crippen molar-refractivity contribution in [3.8, 4) is 11.1 Å². The van der Waals surface area contributed by atoms with E-state index in [0.717, 1.165) is 16.6 Å². The van der Waals surface area contributed by atoms with Gasteiger partial charge in [0.05, 0.1) is 0 Å². The average Bonchev–Trinajstić information content (AvgIpc) is 2.75. The van der Waals surface area contributed by atoms with E-state index in [1.54, 1.807) is 6.08 Å². The van der Waals surface area contributed by atoms with Crippen molar-refractivity contribution in [1.29, 1.82) is 0 Å². The van der Waals surface area contributed by atoms with E-state index in [-0.39, 0.29) is 0 Å². The molecule has 0 radical (unpaired) electrons. The predicted molar refractivity (Wildman–Crippen MR) is 95.5 cm³/mol. The second-order valence-corrected chi connectivity index (χ2v) is 5.98. The Hall–Kier alpha value is -1.19. The summed E-state index contributed by atoms with van der Waals surface area (Å²) >= 11 is 8.01. The summed E-state index contributed by atoms with van der Waals surface area (Å²) in [5, 5.41) is 0. The van der Waals surface area contributed by atoms with Crippen LogP contribution in [0.25, 0.3) is 17.2 Å². The lowest BCUT2D eigenvalue weighted by molar-refractivity contribution is 1.14. The van der Waals surface area contributed by atoms with Crippen LogP contribution in [0.15, 0.2) is 47.6 Å². The van der Waals surface area contributed by atoms with Gasteiger partial charge in [0, 0.05) is 27.5 Å². The number of hydrogen-bond acceptors (Lipinski definition) is 1. The molecule has 0 atom stereocenters. The van der Waals surface area contributed by atoms with Crippen molar-refractivity contribution >= 4 is 34.8 Å². The molecule has 20 heavy (non-hydrogen) atoms. The molecule has 2 rings (SSSR count). The number of aromatic nitrogens is 1. The summed E-state index contributed by atoms with van der Waals surface area (Å²) in [6.07, 6.45) is 6.97. The van der Waals surface area contributed by atoms with Crippen molar-refractivity contribution in [2.75, 3.05) is 0 Å². The lowest BCUT2D eigenvalue weighted by Crippen LogP contribution is -1.88. The summed E-state index contributed by atoms with van der Waals surface area (Å²) < 4.78 is 2.84. The highest BCUT2D eigenvalue weighted by atomic mass is 79.9. The van der Waals surface area contributed by atoms with Gasteiger partial charge in [-0.3, -0.25) is 3.97 Å². The molecular weight excluding hydrogens is 330 g/mol. The van der Waals surface area contributed by atoms with Gasteiger partial charge >= 0.3 is 0 Å². The van der Waals surface area contributed by atoms with E-state index in [0.29, 0.717) is 0 Å². The first-order valence-electron chi connectivity index (χ1n) is 6.57. The van der Waals surface area contributed by atoms with Gasteiger partial charge in [-0.05, 0) is 30.5 Å². The fourth-order valence-corrected chi connectivity index (χ4v) is 2.74. The fraction of sp³-hybridized carbons (Fsp3) is 0.176. The van der Waals surface area contributed by atoms with Gasteiger partial charge in [0.25, 0.3) is 0 Å². The summed E-state index contributed by atoms with van der Waals surface area (Å²) in [6.45, 7) is 8.04. The molecule has 0 aliphatic carbocycles. The van der Waals surface area contributed by atoms with Crippen LogP contribution in [0.1, 0.15) is 23.7 Å². The van der Waals surface area contributed by atoms with E-state index in [9.17, 15) is 0 Å². The maximum Gasteiger partial charge on any atom is 0.0338 e. The second kappa shape index (κ2) is 6.51. The Bertz CT molecular complexity index is 668. The Balaban J connectivity index is 2.68. The first kappa shape index (κ1) is 15.2. The molecule has 0 aliphatic heterocycles. The van der Waals surface area contributed by atoms with Gasteiger partial charge < -0.3 is 0 Å². The number of hydrogen-bond donors (Lipinski definition) is 1. The van der Waals surface area contributed by atoms with Gasteiger partial charge in [-0.2, -0.15) is 0 Å². The van der Waals surface area contributed by atoms with Crippen LogP contribution in [0.4, 0.5) is 0 Å². The molecule has 1 aromatic carbocycles. The summed E-state index contributed by atoms with van der Waals surface area (Å²) in [5.41, 5.74) is 6.10. The number of aryl methyl sites for hydroxylation is 1. The second-order valence-electron chi connectivity index (χ2n) is 4.63. The Morgan fingerprint density at radius 2 is 2.05 bits per heavy atom. The van der Waals surface area contributed by atoms with Crippen LogP contribution in [0.3, 0.4) is 0 Å². The standard InChI is InChI=1S/C17H18BrNS/c1-4-13-8-6-7-9-15(13)17-11-19(20)12(3)16(17)10-14(18)5-2/h5-11,20H,2,4H2,1,3H3/b14-10+. The van der Waals surface area contributed by atoms with E-state index >= 15 is 0 Å². The van der Waals surface area contributed by atoms with Gasteiger partial charge in [0.1, 0.15) is 0 Å². The van der Waals surface area contributed by atoms with Crippen LogP contribution >= 0.6 is 28.7 Å². The topological polar surface area (TPSA) is 4.93 Å². The molecule has 0 aliphatic rings. The zero-order chi connectivity index (χ0) is 14.7. The minimum Gasteiger partial charge on any atom is -0.298 e. The molecular formula is C17H18BrNS. The van der Waals surface area contributed by atoms with Crippen molar-refractivity contribution in [2.24, 2.45) is 0 Å². The molecule has 0 saturated heterocycles. The summed E-state index contributed by atoms with van der Waals surface area (Å²) in [4.78, 5) is 0. The molecule has 0 unspecified atom stereocenters. The van der Waals surface area contributed by atoms with Crippen molar-refractivity contribution in [3.05, 3.63) is 64.4 Å². The molecule has 0 amide bonds. The number of rotatable bonds is 4. The van der Waals surface area contributed by atoms with Crippen LogP contribution in [-0.4, -0.2) is 3.97 Å². The molecule has 3 heteroatoms. The largest absolute Gasteiger partial charge is 0.298 e. The van der Waals surface area contributed by atoms with E-state index in [2.05, 4.69) is 85.7 Å². The van der Waals surface area contributed by atoms with Crippen molar-refractivity contribution in [3.63, 3.8) is 0 Å². The minimum atomic E-state index is 0.968. The molecule has 1 aromatic heterocycles. The molecule has 104 valence electrons. The molecule has 2 aromatic rings. The quantitative estimate of drug-likeness (QED) is 0.539. The predicted octanol–water partition coefficient (Wildman–Crippen LogP) is 5.64. The van der Waals surface area contributed by atoms with Crippen molar-refractivity contribution in [2.45, 2.75) is 20.3 Å². The maximum atomic E-state index is 4.50. The molecule has 1 heterocycles. The number of thiol groups is 1. The monoisotopic (exact) mass is 347 g/mol. The van der Waals surface area contributed by atoms with E-state index in [1.807, 2.05) is 3.97 Å². The van der Waals surface area contributed by atoms with Gasteiger partial charge in [0.15, 0.2) is 0 Å². The molecule has 0 N–H and O–H groups in total. The smallest absolute Gasteiger partial charge is 0.0338 e. The first-order chi connectivity index (χ1) is 9.58. The Morgan fingerprint density at radius 3 is 2.70 bits per heavy atom. The number of benzene rings is 1. The zero-order valence-electron chi connectivity index (χ0n) is 11.7. The Kier molecular flexibility index (Phi) is 4.95. The minimum absolute atomic E-state index is 0.968. The van der Waals surface area contributed by atoms with Crippen LogP contribution in [0, 0.1) is 6.92 Å². The summed E-state index contributed by atoms with van der Waals surface area (Å²) in [6, 6.07) is 8.51. The third-order valence-corrected chi connectivity index (χ3v) is 4.41. The number of nitrogens with zero attached hydrogens (tertiary/aromatic N) is 1. The summed E-state index contributed by atoms with van der Waals surface area (Å²) in [7, 11) is 0. The molecule has 0 fully saturated rings. The van der Waals surface area contributed by atoms with Crippen LogP contribution in [0.2, 0.25) is 0 Å². The third kappa shape index (κ3) is 2.94. The van der Waals surface area contributed by atoms with Crippen LogP contribution in [0.5, 0.6) is 0 Å². The molecule has 0 bridgehead atoms. The average molecular weight is 348 g/mol. The maximum absolute atomic E-state index is 4.50. The third-order valence-electron chi connectivity index (χ3n) is 3.44. The highest BCUT2D eigenvalue weighted by Gasteiger charge is 2.13. The van der Waals surface area contributed by atoms with Gasteiger partial charge in [-0.15, -0.1) is 0 Å². The van der Waals surface area contributed by atoms with Crippen LogP contribution in [-0.2, 0) is 6.42 Å². The normalized spacial score (nSPS) is 11.7. The van der Waals surface area contributed by atoms with Crippen molar-refractivity contribution < 1.29 is 0 Å². The first-order valence-corrected chi connectivity index (χ1v) is 7.76. The SMILES string of the molecule is C=C/C(Br)=C\c1c(-c2ccccc2CC)cn(S)c1C. The van der Waals surface area contributed by atoms with Crippen LogP contribution < -0.4 is 0 Å². The number of halogens is 1. The fourth-order valence-electron chi connectivity index (χ4n) is 2.29. The highest BCUT2D eigenvalue weighted by Crippen LogP contribution is 2.33. The summed E-state index contributed by atoms with van der Waals surface area (Å²) in [5.74, 6) is 0. The molecule has 0 saturated carbocycles.